The summed E-state index contributed by atoms with van der Waals surface area (Å²) in [6.07, 6.45) is 3.94. The van der Waals surface area contributed by atoms with Gasteiger partial charge in [0.2, 0.25) is 11.3 Å². The Morgan fingerprint density at radius 3 is 2.57 bits per heavy atom. The van der Waals surface area contributed by atoms with Crippen LogP contribution in [0.4, 0.5) is 0 Å². The minimum atomic E-state index is -1.41. The van der Waals surface area contributed by atoms with Crippen molar-refractivity contribution in [2.45, 2.75) is 6.54 Å². The lowest BCUT2D eigenvalue weighted by molar-refractivity contribution is 0.0694. The Kier molecular flexibility index (Phi) is 5.25. The topological polar surface area (TPSA) is 124 Å². The van der Waals surface area contributed by atoms with E-state index in [1.54, 1.807) is 6.20 Å². The van der Waals surface area contributed by atoms with Crippen LogP contribution in [0.1, 0.15) is 15.9 Å². The van der Waals surface area contributed by atoms with Crippen LogP contribution >= 0.6 is 0 Å². The molecular formula is C19H17N3O6. The van der Waals surface area contributed by atoms with E-state index >= 15 is 0 Å². The molecule has 0 aliphatic heterocycles. The minimum absolute atomic E-state index is 0.162. The van der Waals surface area contributed by atoms with Gasteiger partial charge in [-0.15, -0.1) is 0 Å². The maximum absolute atomic E-state index is 11.8. The second-order valence-corrected chi connectivity index (χ2v) is 5.80. The summed E-state index contributed by atoms with van der Waals surface area (Å²) in [5.41, 5.74) is 0.693. The van der Waals surface area contributed by atoms with Crippen LogP contribution in [0.15, 0.2) is 47.7 Å². The summed E-state index contributed by atoms with van der Waals surface area (Å²) in [6.45, 7) is 0.194. The fraction of sp³-hybridized carbons (Fsp3) is 0.158. The van der Waals surface area contributed by atoms with Crippen molar-refractivity contribution in [2.75, 3.05) is 14.2 Å². The van der Waals surface area contributed by atoms with Crippen LogP contribution < -0.4 is 14.9 Å². The van der Waals surface area contributed by atoms with E-state index in [0.717, 1.165) is 11.1 Å². The average molecular weight is 383 g/mol. The summed E-state index contributed by atoms with van der Waals surface area (Å²) in [7, 11) is 2.93. The number of hydrogen-bond donors (Lipinski definition) is 2. The van der Waals surface area contributed by atoms with Crippen LogP contribution in [0.3, 0.4) is 0 Å². The molecule has 0 amide bonds. The molecular weight excluding hydrogens is 366 g/mol. The Morgan fingerprint density at radius 2 is 1.89 bits per heavy atom. The fourth-order valence-corrected chi connectivity index (χ4v) is 2.77. The Morgan fingerprint density at radius 1 is 1.14 bits per heavy atom. The van der Waals surface area contributed by atoms with Crippen molar-refractivity contribution < 1.29 is 24.5 Å². The Balaban J connectivity index is 2.08. The van der Waals surface area contributed by atoms with Gasteiger partial charge in [-0.1, -0.05) is 24.3 Å². The lowest BCUT2D eigenvalue weighted by atomic mass is 10.0. The predicted octanol–water partition coefficient (Wildman–Crippen LogP) is 1.77. The quantitative estimate of drug-likeness (QED) is 0.660. The average Bonchev–Trinajstić information content (AvgIpc) is 2.70. The fourth-order valence-electron chi connectivity index (χ4n) is 2.77. The molecule has 2 heterocycles. The van der Waals surface area contributed by atoms with Gasteiger partial charge in [0.15, 0.2) is 5.75 Å². The minimum Gasteiger partial charge on any atom is -0.503 e. The van der Waals surface area contributed by atoms with Crippen molar-refractivity contribution in [1.29, 1.82) is 0 Å². The van der Waals surface area contributed by atoms with Crippen LogP contribution in [-0.2, 0) is 6.54 Å². The predicted molar refractivity (Wildman–Crippen MR) is 99.0 cm³/mol. The molecule has 0 radical (unpaired) electrons. The molecule has 0 aliphatic rings. The molecule has 3 aromatic rings. The largest absolute Gasteiger partial charge is 0.503 e. The number of ether oxygens (including phenoxy) is 2. The van der Waals surface area contributed by atoms with Crippen molar-refractivity contribution in [3.63, 3.8) is 0 Å². The highest BCUT2D eigenvalue weighted by Gasteiger charge is 2.16. The van der Waals surface area contributed by atoms with Gasteiger partial charge in [-0.25, -0.2) is 9.78 Å². The third-order valence-electron chi connectivity index (χ3n) is 4.06. The van der Waals surface area contributed by atoms with Crippen molar-refractivity contribution in [3.05, 3.63) is 64.2 Å². The van der Waals surface area contributed by atoms with Gasteiger partial charge < -0.3 is 24.3 Å². The molecule has 0 aliphatic carbocycles. The van der Waals surface area contributed by atoms with E-state index in [-0.39, 0.29) is 12.6 Å². The Hall–Kier alpha value is -3.88. The standard InChI is InChI=1S/C19H17N3O6/c1-27-17-13(7-20-19(21-17)28-2)12-6-4-3-5-11(12)8-22-9-14(18(25)26)16(24)15(23)10-22/h3-7,9-10,23H,8H2,1-2H3,(H,25,26). The molecule has 0 spiro atoms. The number of nitrogens with zero attached hydrogens (tertiary/aromatic N) is 3. The van der Waals surface area contributed by atoms with E-state index in [1.165, 1.54) is 31.2 Å². The van der Waals surface area contributed by atoms with Gasteiger partial charge in [0.1, 0.15) is 5.56 Å². The molecule has 0 unspecified atom stereocenters. The van der Waals surface area contributed by atoms with Gasteiger partial charge in [-0.3, -0.25) is 4.79 Å². The number of aromatic hydroxyl groups is 1. The second-order valence-electron chi connectivity index (χ2n) is 5.80. The highest BCUT2D eigenvalue weighted by molar-refractivity contribution is 5.87. The number of carboxylic acids is 1. The van der Waals surface area contributed by atoms with Gasteiger partial charge in [0.25, 0.3) is 0 Å². The first kappa shape index (κ1) is 18.9. The smallest absolute Gasteiger partial charge is 0.341 e. The van der Waals surface area contributed by atoms with Gasteiger partial charge in [0, 0.05) is 18.9 Å². The van der Waals surface area contributed by atoms with E-state index in [0.29, 0.717) is 11.4 Å². The zero-order valence-corrected chi connectivity index (χ0v) is 15.1. The van der Waals surface area contributed by atoms with E-state index in [2.05, 4.69) is 9.97 Å². The van der Waals surface area contributed by atoms with E-state index < -0.39 is 22.7 Å². The lowest BCUT2D eigenvalue weighted by Gasteiger charge is -2.14. The van der Waals surface area contributed by atoms with Crippen LogP contribution in [0.2, 0.25) is 0 Å². The first-order chi connectivity index (χ1) is 13.4. The zero-order valence-electron chi connectivity index (χ0n) is 15.1. The maximum Gasteiger partial charge on any atom is 0.341 e. The number of benzene rings is 1. The molecule has 0 saturated carbocycles. The number of carboxylic acid groups (broad SMARTS) is 1. The van der Waals surface area contributed by atoms with Crippen LogP contribution in [0.25, 0.3) is 11.1 Å². The number of rotatable bonds is 6. The normalized spacial score (nSPS) is 10.5. The summed E-state index contributed by atoms with van der Waals surface area (Å²) < 4.78 is 11.8. The number of methoxy groups -OCH3 is 2. The lowest BCUT2D eigenvalue weighted by Crippen LogP contribution is -2.17. The van der Waals surface area contributed by atoms with Crippen molar-refractivity contribution >= 4 is 5.97 Å². The number of carbonyl (C=O) groups is 1. The molecule has 2 aromatic heterocycles. The number of aromatic nitrogens is 3. The third kappa shape index (κ3) is 3.63. The van der Waals surface area contributed by atoms with Crippen LogP contribution in [0.5, 0.6) is 17.6 Å². The summed E-state index contributed by atoms with van der Waals surface area (Å²) >= 11 is 0. The molecule has 1 aromatic carbocycles. The van der Waals surface area contributed by atoms with Crippen molar-refractivity contribution in [1.82, 2.24) is 14.5 Å². The first-order valence-corrected chi connectivity index (χ1v) is 8.14. The zero-order chi connectivity index (χ0) is 20.3. The molecule has 9 heteroatoms. The third-order valence-corrected chi connectivity index (χ3v) is 4.06. The first-order valence-electron chi connectivity index (χ1n) is 8.14. The molecule has 9 nitrogen and oxygen atoms in total. The van der Waals surface area contributed by atoms with Gasteiger partial charge in [-0.2, -0.15) is 4.98 Å². The van der Waals surface area contributed by atoms with Gasteiger partial charge in [-0.05, 0) is 11.1 Å². The van der Waals surface area contributed by atoms with Crippen LogP contribution in [0, 0.1) is 0 Å². The molecule has 0 bridgehead atoms. The number of aromatic carboxylic acids is 1. The van der Waals surface area contributed by atoms with E-state index in [4.69, 9.17) is 14.6 Å². The Labute approximate surface area is 159 Å². The highest BCUT2D eigenvalue weighted by atomic mass is 16.5. The van der Waals surface area contributed by atoms with E-state index in [1.807, 2.05) is 24.3 Å². The summed E-state index contributed by atoms with van der Waals surface area (Å²) in [6, 6.07) is 7.47. The summed E-state index contributed by atoms with van der Waals surface area (Å²) in [5, 5.41) is 18.9. The van der Waals surface area contributed by atoms with E-state index in [9.17, 15) is 14.7 Å². The summed E-state index contributed by atoms with van der Waals surface area (Å²) in [5.74, 6) is -1.73. The number of hydrogen-bond acceptors (Lipinski definition) is 7. The molecule has 0 fully saturated rings. The second kappa shape index (κ2) is 7.78. The van der Waals surface area contributed by atoms with Crippen molar-refractivity contribution in [3.8, 4) is 28.8 Å². The SMILES string of the molecule is COc1ncc(-c2ccccc2Cn2cc(O)c(=O)c(C(=O)O)c2)c(OC)n1. The molecule has 2 N–H and O–H groups in total. The molecule has 0 saturated heterocycles. The van der Waals surface area contributed by atoms with Gasteiger partial charge in [0.05, 0.1) is 26.0 Å². The molecule has 3 rings (SSSR count). The van der Waals surface area contributed by atoms with Crippen molar-refractivity contribution in [2.24, 2.45) is 0 Å². The van der Waals surface area contributed by atoms with Gasteiger partial charge >= 0.3 is 12.0 Å². The molecule has 28 heavy (non-hydrogen) atoms. The summed E-state index contributed by atoms with van der Waals surface area (Å²) in [4.78, 5) is 31.3. The Bertz CT molecular complexity index is 1090. The number of pyridine rings is 1. The highest BCUT2D eigenvalue weighted by Crippen LogP contribution is 2.31. The monoisotopic (exact) mass is 383 g/mol. The molecule has 144 valence electrons. The maximum atomic E-state index is 11.8. The van der Waals surface area contributed by atoms with Crippen LogP contribution in [-0.4, -0.2) is 44.9 Å². The molecule has 0 atom stereocenters.